The average Bonchev–Trinajstić information content (AvgIpc) is 3.20. The van der Waals surface area contributed by atoms with Crippen molar-refractivity contribution >= 4 is 15.9 Å². The maximum absolute atomic E-state index is 12.4. The first-order chi connectivity index (χ1) is 13.0. The van der Waals surface area contributed by atoms with Gasteiger partial charge in [0.1, 0.15) is 5.76 Å². The van der Waals surface area contributed by atoms with Gasteiger partial charge in [-0.05, 0) is 48.4 Å². The molecule has 0 aliphatic heterocycles. The number of sulfonamides is 1. The summed E-state index contributed by atoms with van der Waals surface area (Å²) in [5, 5.41) is 2.71. The molecule has 1 aromatic heterocycles. The third-order valence-corrected chi connectivity index (χ3v) is 5.46. The van der Waals surface area contributed by atoms with Gasteiger partial charge in [0.2, 0.25) is 10.0 Å². The molecule has 1 amide bonds. The van der Waals surface area contributed by atoms with Crippen LogP contribution in [-0.4, -0.2) is 20.9 Å². The Morgan fingerprint density at radius 2 is 1.67 bits per heavy atom. The maximum Gasteiger partial charge on any atom is 0.251 e. The molecule has 2 N–H and O–H groups in total. The van der Waals surface area contributed by atoms with E-state index < -0.39 is 10.0 Å². The van der Waals surface area contributed by atoms with Gasteiger partial charge < -0.3 is 9.73 Å². The van der Waals surface area contributed by atoms with Crippen LogP contribution in [0.5, 0.6) is 0 Å². The van der Waals surface area contributed by atoms with E-state index in [2.05, 4.69) is 10.0 Å². The van der Waals surface area contributed by atoms with Gasteiger partial charge in [0.25, 0.3) is 5.91 Å². The zero-order valence-electron chi connectivity index (χ0n) is 14.6. The van der Waals surface area contributed by atoms with E-state index >= 15 is 0 Å². The topological polar surface area (TPSA) is 88.4 Å². The SMILES string of the molecule is O=C(NCc1ccco1)c1ccc(S(=O)(=O)NCCc2ccccc2)cc1. The number of nitrogens with one attached hydrogen (secondary N) is 2. The van der Waals surface area contributed by atoms with Crippen LogP contribution >= 0.6 is 0 Å². The van der Waals surface area contributed by atoms with Crippen LogP contribution < -0.4 is 10.0 Å². The second-order valence-corrected chi connectivity index (χ2v) is 7.69. The fraction of sp³-hybridized carbons (Fsp3) is 0.150. The monoisotopic (exact) mass is 384 g/mol. The van der Waals surface area contributed by atoms with Crippen LogP contribution in [0, 0.1) is 0 Å². The van der Waals surface area contributed by atoms with Crippen molar-refractivity contribution in [3.05, 3.63) is 89.9 Å². The molecular weight excluding hydrogens is 364 g/mol. The minimum absolute atomic E-state index is 0.123. The Hall–Kier alpha value is -2.90. The van der Waals surface area contributed by atoms with E-state index in [9.17, 15) is 13.2 Å². The van der Waals surface area contributed by atoms with Crippen LogP contribution in [0.15, 0.2) is 82.3 Å². The molecule has 0 bridgehead atoms. The number of amides is 1. The van der Waals surface area contributed by atoms with Crippen molar-refractivity contribution in [3.8, 4) is 0 Å². The summed E-state index contributed by atoms with van der Waals surface area (Å²) in [5.41, 5.74) is 1.44. The molecule has 140 valence electrons. The standard InChI is InChI=1S/C20H20N2O4S/c23-20(21-15-18-7-4-14-26-18)17-8-10-19(11-9-17)27(24,25)22-13-12-16-5-2-1-3-6-16/h1-11,14,22H,12-13,15H2,(H,21,23). The highest BCUT2D eigenvalue weighted by Gasteiger charge is 2.14. The molecule has 0 saturated heterocycles. The fourth-order valence-electron chi connectivity index (χ4n) is 2.53. The third-order valence-electron chi connectivity index (χ3n) is 3.98. The number of hydrogen-bond donors (Lipinski definition) is 2. The minimum Gasteiger partial charge on any atom is -0.467 e. The summed E-state index contributed by atoms with van der Waals surface area (Å²) in [4.78, 5) is 12.2. The second kappa shape index (κ2) is 8.66. The number of furan rings is 1. The number of rotatable bonds is 8. The van der Waals surface area contributed by atoms with E-state index in [0.29, 0.717) is 24.3 Å². The summed E-state index contributed by atoms with van der Waals surface area (Å²) in [6.45, 7) is 0.574. The van der Waals surface area contributed by atoms with Gasteiger partial charge in [-0.3, -0.25) is 4.79 Å². The Bertz CT molecular complexity index is 967. The lowest BCUT2D eigenvalue weighted by molar-refractivity contribution is 0.0948. The zero-order valence-corrected chi connectivity index (χ0v) is 15.4. The summed E-state index contributed by atoms with van der Waals surface area (Å²) in [7, 11) is -3.62. The number of hydrogen-bond acceptors (Lipinski definition) is 4. The first-order valence-electron chi connectivity index (χ1n) is 8.49. The molecular formula is C20H20N2O4S. The van der Waals surface area contributed by atoms with E-state index in [1.165, 1.54) is 30.5 Å². The largest absolute Gasteiger partial charge is 0.467 e. The molecule has 0 fully saturated rings. The van der Waals surface area contributed by atoms with Crippen molar-refractivity contribution in [3.63, 3.8) is 0 Å². The van der Waals surface area contributed by atoms with Crippen LogP contribution in [0.3, 0.4) is 0 Å². The highest BCUT2D eigenvalue weighted by molar-refractivity contribution is 7.89. The smallest absolute Gasteiger partial charge is 0.251 e. The van der Waals surface area contributed by atoms with Crippen LogP contribution in [0.2, 0.25) is 0 Å². The van der Waals surface area contributed by atoms with Crippen molar-refractivity contribution in [2.75, 3.05) is 6.54 Å². The summed E-state index contributed by atoms with van der Waals surface area (Å²) >= 11 is 0. The van der Waals surface area contributed by atoms with Crippen molar-refractivity contribution in [2.24, 2.45) is 0 Å². The quantitative estimate of drug-likeness (QED) is 0.625. The number of benzene rings is 2. The van der Waals surface area contributed by atoms with Gasteiger partial charge in [-0.25, -0.2) is 13.1 Å². The van der Waals surface area contributed by atoms with E-state index in [0.717, 1.165) is 5.56 Å². The van der Waals surface area contributed by atoms with E-state index in [4.69, 9.17) is 4.42 Å². The fourth-order valence-corrected chi connectivity index (χ4v) is 3.56. The van der Waals surface area contributed by atoms with Gasteiger partial charge in [0.05, 0.1) is 17.7 Å². The molecule has 2 aromatic carbocycles. The molecule has 1 heterocycles. The van der Waals surface area contributed by atoms with Crippen molar-refractivity contribution in [1.29, 1.82) is 0 Å². The third kappa shape index (κ3) is 5.29. The molecule has 0 aliphatic rings. The molecule has 3 rings (SSSR count). The number of carbonyl (C=O) groups excluding carboxylic acids is 1. The summed E-state index contributed by atoms with van der Waals surface area (Å²) in [6.07, 6.45) is 2.14. The van der Waals surface area contributed by atoms with E-state index in [1.54, 1.807) is 12.1 Å². The molecule has 0 unspecified atom stereocenters. The van der Waals surface area contributed by atoms with Crippen molar-refractivity contribution in [2.45, 2.75) is 17.9 Å². The Morgan fingerprint density at radius 1 is 0.926 bits per heavy atom. The predicted molar refractivity (Wildman–Crippen MR) is 102 cm³/mol. The Morgan fingerprint density at radius 3 is 2.33 bits per heavy atom. The highest BCUT2D eigenvalue weighted by Crippen LogP contribution is 2.11. The Balaban J connectivity index is 1.55. The first-order valence-corrected chi connectivity index (χ1v) is 9.97. The van der Waals surface area contributed by atoms with Gasteiger partial charge >= 0.3 is 0 Å². The summed E-state index contributed by atoms with van der Waals surface area (Å²) < 4.78 is 32.4. The average molecular weight is 384 g/mol. The molecule has 3 aromatic rings. The second-order valence-electron chi connectivity index (χ2n) is 5.92. The lowest BCUT2D eigenvalue weighted by Crippen LogP contribution is -2.26. The molecule has 7 heteroatoms. The number of carbonyl (C=O) groups is 1. The zero-order chi connectivity index (χ0) is 19.1. The molecule has 0 spiro atoms. The van der Waals surface area contributed by atoms with Crippen LogP contribution in [0.4, 0.5) is 0 Å². The van der Waals surface area contributed by atoms with Gasteiger partial charge in [-0.2, -0.15) is 0 Å². The first kappa shape index (κ1) is 18.9. The molecule has 27 heavy (non-hydrogen) atoms. The van der Waals surface area contributed by atoms with E-state index in [-0.39, 0.29) is 17.3 Å². The van der Waals surface area contributed by atoms with Crippen molar-refractivity contribution in [1.82, 2.24) is 10.0 Å². The van der Waals surface area contributed by atoms with Crippen LogP contribution in [0.1, 0.15) is 21.7 Å². The minimum atomic E-state index is -3.62. The predicted octanol–water partition coefficient (Wildman–Crippen LogP) is 2.73. The lowest BCUT2D eigenvalue weighted by atomic mass is 10.2. The van der Waals surface area contributed by atoms with E-state index in [1.807, 2.05) is 30.3 Å². The van der Waals surface area contributed by atoms with Crippen LogP contribution in [-0.2, 0) is 23.0 Å². The Kier molecular flexibility index (Phi) is 6.05. The van der Waals surface area contributed by atoms with Gasteiger partial charge in [0.15, 0.2) is 0 Å². The molecule has 0 radical (unpaired) electrons. The Labute approximate surface area is 158 Å². The molecule has 0 saturated carbocycles. The maximum atomic E-state index is 12.4. The molecule has 0 atom stereocenters. The molecule has 0 aliphatic carbocycles. The van der Waals surface area contributed by atoms with Gasteiger partial charge in [-0.1, -0.05) is 30.3 Å². The lowest BCUT2D eigenvalue weighted by Gasteiger charge is -2.08. The molecule has 6 nitrogen and oxygen atoms in total. The van der Waals surface area contributed by atoms with Crippen molar-refractivity contribution < 1.29 is 17.6 Å². The summed E-state index contributed by atoms with van der Waals surface area (Å²) in [6, 6.07) is 19.0. The summed E-state index contributed by atoms with van der Waals surface area (Å²) in [5.74, 6) is 0.345. The highest BCUT2D eigenvalue weighted by atomic mass is 32.2. The normalized spacial score (nSPS) is 11.3. The van der Waals surface area contributed by atoms with Gasteiger partial charge in [0, 0.05) is 12.1 Å². The van der Waals surface area contributed by atoms with Gasteiger partial charge in [-0.15, -0.1) is 0 Å². The van der Waals surface area contributed by atoms with Crippen LogP contribution in [0.25, 0.3) is 0 Å².